The second-order valence-corrected chi connectivity index (χ2v) is 7.93. The Kier molecular flexibility index (Phi) is 7.21. The number of nitrogens with one attached hydrogen (secondary N) is 1. The van der Waals surface area contributed by atoms with E-state index in [-0.39, 0.29) is 23.4 Å². The van der Waals surface area contributed by atoms with Crippen LogP contribution in [0.25, 0.3) is 22.3 Å². The lowest BCUT2D eigenvalue weighted by molar-refractivity contribution is 0.102. The summed E-state index contributed by atoms with van der Waals surface area (Å²) in [4.78, 5) is 13.0. The van der Waals surface area contributed by atoms with Gasteiger partial charge >= 0.3 is 0 Å². The number of benzene rings is 4. The SMILES string of the molecule is NCCOc1ccc(C(=O)Nc2cccc(-c3ccc(F)cc3)c2)cc1-c1ccc(Cl)c(F)c1. The van der Waals surface area contributed by atoms with E-state index in [1.54, 1.807) is 54.6 Å². The molecule has 0 saturated carbocycles. The Morgan fingerprint density at radius 3 is 2.38 bits per heavy atom. The second kappa shape index (κ2) is 10.5. The van der Waals surface area contributed by atoms with Crippen molar-refractivity contribution in [2.75, 3.05) is 18.5 Å². The molecular formula is C27H21ClF2N2O2. The van der Waals surface area contributed by atoms with Gasteiger partial charge in [0.15, 0.2) is 0 Å². The van der Waals surface area contributed by atoms with Gasteiger partial charge in [0.25, 0.3) is 5.91 Å². The highest BCUT2D eigenvalue weighted by atomic mass is 35.5. The highest BCUT2D eigenvalue weighted by Crippen LogP contribution is 2.33. The van der Waals surface area contributed by atoms with Crippen molar-refractivity contribution in [1.29, 1.82) is 0 Å². The smallest absolute Gasteiger partial charge is 0.255 e. The predicted molar refractivity (Wildman–Crippen MR) is 131 cm³/mol. The molecule has 0 unspecified atom stereocenters. The Hall–Kier alpha value is -3.74. The number of amides is 1. The summed E-state index contributed by atoms with van der Waals surface area (Å²) in [5, 5.41) is 2.88. The molecule has 172 valence electrons. The molecule has 34 heavy (non-hydrogen) atoms. The van der Waals surface area contributed by atoms with Gasteiger partial charge in [-0.1, -0.05) is 41.9 Å². The van der Waals surface area contributed by atoms with Crippen molar-refractivity contribution in [3.63, 3.8) is 0 Å². The first kappa shape index (κ1) is 23.4. The largest absolute Gasteiger partial charge is 0.492 e. The van der Waals surface area contributed by atoms with Gasteiger partial charge in [-0.05, 0) is 71.3 Å². The molecule has 3 N–H and O–H groups in total. The average molecular weight is 479 g/mol. The van der Waals surface area contributed by atoms with Crippen LogP contribution >= 0.6 is 11.6 Å². The molecule has 0 spiro atoms. The summed E-state index contributed by atoms with van der Waals surface area (Å²) in [6.07, 6.45) is 0. The summed E-state index contributed by atoms with van der Waals surface area (Å²) >= 11 is 5.82. The number of hydrogen-bond donors (Lipinski definition) is 2. The molecule has 4 nitrogen and oxygen atoms in total. The van der Waals surface area contributed by atoms with Crippen LogP contribution in [0.4, 0.5) is 14.5 Å². The van der Waals surface area contributed by atoms with Gasteiger partial charge in [-0.15, -0.1) is 0 Å². The third kappa shape index (κ3) is 5.42. The third-order valence-corrected chi connectivity index (χ3v) is 5.45. The Morgan fingerprint density at radius 1 is 0.882 bits per heavy atom. The van der Waals surface area contributed by atoms with Crippen molar-refractivity contribution in [3.8, 4) is 28.0 Å². The summed E-state index contributed by atoms with van der Waals surface area (Å²) < 4.78 is 33.0. The summed E-state index contributed by atoms with van der Waals surface area (Å²) in [5.74, 6) is -0.765. The minimum atomic E-state index is -0.573. The van der Waals surface area contributed by atoms with Crippen LogP contribution in [-0.4, -0.2) is 19.1 Å². The maximum atomic E-state index is 14.1. The van der Waals surface area contributed by atoms with Crippen LogP contribution in [0.5, 0.6) is 5.75 Å². The van der Waals surface area contributed by atoms with Crippen molar-refractivity contribution in [3.05, 3.63) is 107 Å². The van der Waals surface area contributed by atoms with Crippen LogP contribution in [0.3, 0.4) is 0 Å². The summed E-state index contributed by atoms with van der Waals surface area (Å²) in [6, 6.07) is 22.7. The Morgan fingerprint density at radius 2 is 1.65 bits per heavy atom. The first-order valence-corrected chi connectivity index (χ1v) is 10.9. The number of anilines is 1. The molecule has 4 rings (SSSR count). The lowest BCUT2D eigenvalue weighted by atomic mass is 10.0. The van der Waals surface area contributed by atoms with Gasteiger partial charge in [0, 0.05) is 23.4 Å². The van der Waals surface area contributed by atoms with Crippen molar-refractivity contribution in [2.45, 2.75) is 0 Å². The number of halogens is 3. The molecule has 0 fully saturated rings. The minimum Gasteiger partial charge on any atom is -0.492 e. The number of ether oxygens (including phenoxy) is 1. The van der Waals surface area contributed by atoms with E-state index in [4.69, 9.17) is 22.1 Å². The number of nitrogens with two attached hydrogens (primary N) is 1. The van der Waals surface area contributed by atoms with Crippen LogP contribution in [-0.2, 0) is 0 Å². The molecule has 0 atom stereocenters. The van der Waals surface area contributed by atoms with Crippen LogP contribution in [0.15, 0.2) is 84.9 Å². The first-order chi connectivity index (χ1) is 16.4. The second-order valence-electron chi connectivity index (χ2n) is 7.52. The fourth-order valence-corrected chi connectivity index (χ4v) is 3.59. The molecule has 4 aromatic rings. The molecule has 0 bridgehead atoms. The van der Waals surface area contributed by atoms with E-state index in [9.17, 15) is 13.6 Å². The fourth-order valence-electron chi connectivity index (χ4n) is 3.48. The zero-order valence-corrected chi connectivity index (χ0v) is 18.8. The Labute approximate surface area is 200 Å². The maximum absolute atomic E-state index is 14.1. The summed E-state index contributed by atoms with van der Waals surface area (Å²) in [6.45, 7) is 0.575. The normalized spacial score (nSPS) is 10.7. The number of carbonyl (C=O) groups excluding carboxylic acids is 1. The van der Waals surface area contributed by atoms with Gasteiger partial charge in [0.2, 0.25) is 0 Å². The Balaban J connectivity index is 1.62. The average Bonchev–Trinajstić information content (AvgIpc) is 2.85. The van der Waals surface area contributed by atoms with E-state index in [0.717, 1.165) is 11.1 Å². The molecule has 0 aromatic heterocycles. The molecule has 0 aliphatic carbocycles. The van der Waals surface area contributed by atoms with E-state index in [1.807, 2.05) is 6.07 Å². The maximum Gasteiger partial charge on any atom is 0.255 e. The molecule has 4 aromatic carbocycles. The standard InChI is InChI=1S/C27H21ClF2N2O2/c28-24-10-6-19(16-25(24)30)23-15-20(7-11-26(23)34-13-12-31)27(33)32-22-3-1-2-18(14-22)17-4-8-21(29)9-5-17/h1-11,14-16H,12-13,31H2,(H,32,33). The van der Waals surface area contributed by atoms with Crippen molar-refractivity contribution < 1.29 is 18.3 Å². The van der Waals surface area contributed by atoms with E-state index in [2.05, 4.69) is 5.32 Å². The minimum absolute atomic E-state index is 0.00288. The van der Waals surface area contributed by atoms with Crippen molar-refractivity contribution >= 4 is 23.2 Å². The van der Waals surface area contributed by atoms with Crippen molar-refractivity contribution in [1.82, 2.24) is 0 Å². The molecule has 7 heteroatoms. The van der Waals surface area contributed by atoms with Gasteiger partial charge in [-0.2, -0.15) is 0 Å². The number of hydrogen-bond acceptors (Lipinski definition) is 3. The number of carbonyl (C=O) groups is 1. The third-order valence-electron chi connectivity index (χ3n) is 5.15. The monoisotopic (exact) mass is 478 g/mol. The lowest BCUT2D eigenvalue weighted by Crippen LogP contribution is -2.13. The van der Waals surface area contributed by atoms with Crippen LogP contribution in [0, 0.1) is 11.6 Å². The zero-order chi connectivity index (χ0) is 24.1. The van der Waals surface area contributed by atoms with E-state index >= 15 is 0 Å². The van der Waals surface area contributed by atoms with Crippen LogP contribution in [0.1, 0.15) is 10.4 Å². The predicted octanol–water partition coefficient (Wildman–Crippen LogP) is 6.54. The first-order valence-electron chi connectivity index (χ1n) is 10.5. The van der Waals surface area contributed by atoms with Crippen molar-refractivity contribution in [2.24, 2.45) is 5.73 Å². The molecular weight excluding hydrogens is 458 g/mol. The highest BCUT2D eigenvalue weighted by Gasteiger charge is 2.14. The zero-order valence-electron chi connectivity index (χ0n) is 18.0. The van der Waals surface area contributed by atoms with Gasteiger partial charge < -0.3 is 15.8 Å². The van der Waals surface area contributed by atoms with Gasteiger partial charge in [0.1, 0.15) is 24.0 Å². The van der Waals surface area contributed by atoms with Gasteiger partial charge in [-0.3, -0.25) is 4.79 Å². The molecule has 1 amide bonds. The van der Waals surface area contributed by atoms with Gasteiger partial charge in [-0.25, -0.2) is 8.78 Å². The topological polar surface area (TPSA) is 64.3 Å². The van der Waals surface area contributed by atoms with E-state index < -0.39 is 5.82 Å². The number of rotatable bonds is 7. The summed E-state index contributed by atoms with van der Waals surface area (Å²) in [5.41, 5.74) is 9.20. The van der Waals surface area contributed by atoms with Crippen LogP contribution in [0.2, 0.25) is 5.02 Å². The van der Waals surface area contributed by atoms with Crippen LogP contribution < -0.4 is 15.8 Å². The quantitative estimate of drug-likeness (QED) is 0.317. The summed E-state index contributed by atoms with van der Waals surface area (Å²) in [7, 11) is 0. The van der Waals surface area contributed by atoms with E-state index in [1.165, 1.54) is 24.3 Å². The van der Waals surface area contributed by atoms with E-state index in [0.29, 0.717) is 34.7 Å². The molecule has 0 heterocycles. The molecule has 0 aliphatic heterocycles. The molecule has 0 aliphatic rings. The molecule has 0 radical (unpaired) electrons. The fraction of sp³-hybridized carbons (Fsp3) is 0.0741. The van der Waals surface area contributed by atoms with Gasteiger partial charge in [0.05, 0.1) is 5.02 Å². The highest BCUT2D eigenvalue weighted by molar-refractivity contribution is 6.30. The lowest BCUT2D eigenvalue weighted by Gasteiger charge is -2.14. The Bertz CT molecular complexity index is 1330. The molecule has 0 saturated heterocycles.